The molecule has 0 radical (unpaired) electrons. The second-order valence-corrected chi connectivity index (χ2v) is 3.67. The first kappa shape index (κ1) is 11.8. The maximum absolute atomic E-state index is 11.4. The van der Waals surface area contributed by atoms with Crippen molar-refractivity contribution in [3.05, 3.63) is 22.6 Å². The fraction of sp³-hybridized carbons (Fsp3) is 0.333. The van der Waals surface area contributed by atoms with Gasteiger partial charge in [-0.3, -0.25) is 9.59 Å². The van der Waals surface area contributed by atoms with E-state index in [1.165, 1.54) is 6.26 Å². The molecule has 6 heteroatoms. The van der Waals surface area contributed by atoms with Gasteiger partial charge in [-0.1, -0.05) is 0 Å². The molecule has 0 aliphatic heterocycles. The van der Waals surface area contributed by atoms with Crippen LogP contribution in [0, 0.1) is 0 Å². The van der Waals surface area contributed by atoms with E-state index in [1.54, 1.807) is 6.07 Å². The van der Waals surface area contributed by atoms with Crippen LogP contribution >= 0.6 is 15.9 Å². The summed E-state index contributed by atoms with van der Waals surface area (Å²) in [4.78, 5) is 21.5. The third-order valence-electron chi connectivity index (χ3n) is 1.68. The zero-order valence-corrected chi connectivity index (χ0v) is 9.41. The molecule has 0 spiro atoms. The van der Waals surface area contributed by atoms with Gasteiger partial charge >= 0.3 is 5.97 Å². The molecule has 0 atom stereocenters. The van der Waals surface area contributed by atoms with E-state index in [9.17, 15) is 9.59 Å². The minimum Gasteiger partial charge on any atom is -0.481 e. The normalized spacial score (nSPS) is 9.93. The van der Waals surface area contributed by atoms with Crippen LogP contribution in [0.15, 0.2) is 21.4 Å². The molecule has 0 aromatic carbocycles. The van der Waals surface area contributed by atoms with E-state index < -0.39 is 5.97 Å². The Morgan fingerprint density at radius 1 is 1.53 bits per heavy atom. The Balaban J connectivity index is 2.28. The lowest BCUT2D eigenvalue weighted by Gasteiger charge is -2.00. The summed E-state index contributed by atoms with van der Waals surface area (Å²) in [6, 6.07) is 1.55. The number of furan rings is 1. The number of halogens is 1. The molecule has 15 heavy (non-hydrogen) atoms. The smallest absolute Gasteiger partial charge is 0.303 e. The van der Waals surface area contributed by atoms with Crippen molar-refractivity contribution in [3.63, 3.8) is 0 Å². The van der Waals surface area contributed by atoms with Gasteiger partial charge in [0.15, 0.2) is 4.67 Å². The number of carboxylic acids is 1. The van der Waals surface area contributed by atoms with Gasteiger partial charge in [-0.15, -0.1) is 0 Å². The highest BCUT2D eigenvalue weighted by molar-refractivity contribution is 9.10. The van der Waals surface area contributed by atoms with E-state index in [0.717, 1.165) is 0 Å². The van der Waals surface area contributed by atoms with Crippen LogP contribution in [-0.2, 0) is 4.79 Å². The van der Waals surface area contributed by atoms with Crippen LogP contribution in [0.2, 0.25) is 0 Å². The van der Waals surface area contributed by atoms with Crippen molar-refractivity contribution >= 4 is 27.8 Å². The van der Waals surface area contributed by atoms with E-state index in [4.69, 9.17) is 9.52 Å². The van der Waals surface area contributed by atoms with Gasteiger partial charge in [0.1, 0.15) is 6.26 Å². The summed E-state index contributed by atoms with van der Waals surface area (Å²) in [7, 11) is 0. The quantitative estimate of drug-likeness (QED) is 0.801. The van der Waals surface area contributed by atoms with Gasteiger partial charge in [0.2, 0.25) is 0 Å². The van der Waals surface area contributed by atoms with Crippen LogP contribution in [0.25, 0.3) is 0 Å². The average molecular weight is 276 g/mol. The monoisotopic (exact) mass is 275 g/mol. The van der Waals surface area contributed by atoms with Crippen molar-refractivity contribution in [2.24, 2.45) is 0 Å². The fourth-order valence-electron chi connectivity index (χ4n) is 0.973. The van der Waals surface area contributed by atoms with Gasteiger partial charge in [0.25, 0.3) is 5.91 Å². The van der Waals surface area contributed by atoms with Gasteiger partial charge < -0.3 is 14.8 Å². The lowest BCUT2D eigenvalue weighted by Crippen LogP contribution is -2.24. The molecular weight excluding hydrogens is 266 g/mol. The molecule has 0 saturated carbocycles. The van der Waals surface area contributed by atoms with Crippen LogP contribution in [-0.4, -0.2) is 23.5 Å². The molecule has 2 N–H and O–H groups in total. The summed E-state index contributed by atoms with van der Waals surface area (Å²) >= 11 is 3.08. The summed E-state index contributed by atoms with van der Waals surface area (Å²) in [6.07, 6.45) is 1.80. The summed E-state index contributed by atoms with van der Waals surface area (Å²) in [6.45, 7) is 0.341. The highest BCUT2D eigenvalue weighted by Crippen LogP contribution is 2.13. The molecule has 0 bridgehead atoms. The predicted molar refractivity (Wildman–Crippen MR) is 55.6 cm³/mol. The lowest BCUT2D eigenvalue weighted by molar-refractivity contribution is -0.137. The van der Waals surface area contributed by atoms with Crippen molar-refractivity contribution in [2.75, 3.05) is 6.54 Å². The SMILES string of the molecule is O=C(O)CCCNC(=O)c1coc(Br)c1. The first-order valence-corrected chi connectivity index (χ1v) is 5.13. The number of amides is 1. The number of hydrogen-bond acceptors (Lipinski definition) is 3. The fourth-order valence-corrected chi connectivity index (χ4v) is 1.31. The standard InChI is InChI=1S/C9H10BrNO4/c10-7-4-6(5-15-7)9(14)11-3-1-2-8(12)13/h4-5H,1-3H2,(H,11,14)(H,12,13). The van der Waals surface area contributed by atoms with E-state index in [1.807, 2.05) is 0 Å². The van der Waals surface area contributed by atoms with Crippen molar-refractivity contribution in [1.29, 1.82) is 0 Å². The Morgan fingerprint density at radius 3 is 2.80 bits per heavy atom. The molecule has 82 valence electrons. The van der Waals surface area contributed by atoms with Gasteiger partial charge in [-0.05, 0) is 22.4 Å². The van der Waals surface area contributed by atoms with Crippen LogP contribution < -0.4 is 5.32 Å². The van der Waals surface area contributed by atoms with Gasteiger partial charge in [0, 0.05) is 19.0 Å². The van der Waals surface area contributed by atoms with Crippen LogP contribution in [0.3, 0.4) is 0 Å². The van der Waals surface area contributed by atoms with Crippen LogP contribution in [0.4, 0.5) is 0 Å². The number of rotatable bonds is 5. The molecule has 1 aromatic heterocycles. The number of hydrogen-bond donors (Lipinski definition) is 2. The second kappa shape index (κ2) is 5.55. The van der Waals surface area contributed by atoms with Crippen LogP contribution in [0.5, 0.6) is 0 Å². The number of carboxylic acid groups (broad SMARTS) is 1. The number of carbonyl (C=O) groups excluding carboxylic acids is 1. The van der Waals surface area contributed by atoms with Gasteiger partial charge in [0.05, 0.1) is 5.56 Å². The lowest BCUT2D eigenvalue weighted by atomic mass is 10.3. The van der Waals surface area contributed by atoms with E-state index in [-0.39, 0.29) is 12.3 Å². The topological polar surface area (TPSA) is 79.5 Å². The molecule has 5 nitrogen and oxygen atoms in total. The summed E-state index contributed by atoms with van der Waals surface area (Å²) < 4.78 is 5.38. The number of carbonyl (C=O) groups is 2. The van der Waals surface area contributed by atoms with E-state index in [2.05, 4.69) is 21.2 Å². The minimum absolute atomic E-state index is 0.0510. The molecule has 1 rings (SSSR count). The Hall–Kier alpha value is -1.30. The molecular formula is C9H10BrNO4. The Bertz CT molecular complexity index is 361. The maximum atomic E-state index is 11.4. The molecule has 1 heterocycles. The predicted octanol–water partition coefficient (Wildman–Crippen LogP) is 1.64. The van der Waals surface area contributed by atoms with Gasteiger partial charge in [-0.2, -0.15) is 0 Å². The summed E-state index contributed by atoms with van der Waals surface area (Å²) in [5.41, 5.74) is 0.414. The maximum Gasteiger partial charge on any atom is 0.303 e. The third-order valence-corrected chi connectivity index (χ3v) is 2.10. The van der Waals surface area contributed by atoms with Crippen molar-refractivity contribution in [1.82, 2.24) is 5.32 Å². The second-order valence-electron chi connectivity index (χ2n) is 2.89. The third kappa shape index (κ3) is 4.16. The molecule has 1 aromatic rings. The van der Waals surface area contributed by atoms with E-state index >= 15 is 0 Å². The molecule has 0 aliphatic rings. The molecule has 0 fully saturated rings. The molecule has 0 aliphatic carbocycles. The van der Waals surface area contributed by atoms with Crippen LogP contribution in [0.1, 0.15) is 23.2 Å². The highest BCUT2D eigenvalue weighted by Gasteiger charge is 2.08. The zero-order chi connectivity index (χ0) is 11.3. The van der Waals surface area contributed by atoms with Crippen molar-refractivity contribution < 1.29 is 19.1 Å². The zero-order valence-electron chi connectivity index (χ0n) is 7.83. The Labute approximate surface area is 94.6 Å². The minimum atomic E-state index is -0.865. The first-order chi connectivity index (χ1) is 7.09. The summed E-state index contributed by atoms with van der Waals surface area (Å²) in [5.74, 6) is -1.13. The molecule has 0 saturated heterocycles. The molecule has 0 unspecified atom stereocenters. The number of nitrogens with one attached hydrogen (secondary N) is 1. The van der Waals surface area contributed by atoms with Gasteiger partial charge in [-0.25, -0.2) is 0 Å². The van der Waals surface area contributed by atoms with E-state index in [0.29, 0.717) is 23.2 Å². The number of aliphatic carboxylic acids is 1. The largest absolute Gasteiger partial charge is 0.481 e. The Kier molecular flexibility index (Phi) is 4.36. The summed E-state index contributed by atoms with van der Waals surface area (Å²) in [5, 5.41) is 10.9. The van der Waals surface area contributed by atoms with Crippen molar-refractivity contribution in [3.8, 4) is 0 Å². The Morgan fingerprint density at radius 2 is 2.27 bits per heavy atom. The average Bonchev–Trinajstić information content (AvgIpc) is 2.59. The molecule has 1 amide bonds. The highest BCUT2D eigenvalue weighted by atomic mass is 79.9. The first-order valence-electron chi connectivity index (χ1n) is 4.33. The van der Waals surface area contributed by atoms with Crippen molar-refractivity contribution in [2.45, 2.75) is 12.8 Å².